The molecule has 1 N–H and O–H groups in total. The van der Waals surface area contributed by atoms with Crippen LogP contribution in [0.2, 0.25) is 0 Å². The van der Waals surface area contributed by atoms with Crippen molar-refractivity contribution in [3.63, 3.8) is 0 Å². The summed E-state index contributed by atoms with van der Waals surface area (Å²) in [5.41, 5.74) is 5.49. The molecule has 0 amide bonds. The summed E-state index contributed by atoms with van der Waals surface area (Å²) in [6.07, 6.45) is 1.36. The lowest BCUT2D eigenvalue weighted by Gasteiger charge is -2.10. The Morgan fingerprint density at radius 2 is 1.81 bits per heavy atom. The smallest absolute Gasteiger partial charge is 0.167 e. The van der Waals surface area contributed by atoms with Crippen molar-refractivity contribution in [1.29, 1.82) is 0 Å². The summed E-state index contributed by atoms with van der Waals surface area (Å²) >= 11 is 0. The van der Waals surface area contributed by atoms with E-state index >= 15 is 0 Å². The highest BCUT2D eigenvalue weighted by molar-refractivity contribution is 5.99. The normalized spacial score (nSPS) is 10.6. The van der Waals surface area contributed by atoms with Crippen molar-refractivity contribution in [2.45, 2.75) is 26.7 Å². The number of nitrogens with one attached hydrogen (secondary N) is 1. The predicted octanol–water partition coefficient (Wildman–Crippen LogP) is 3.49. The molecule has 0 bridgehead atoms. The highest BCUT2D eigenvalue weighted by Gasteiger charge is 2.12. The maximum absolute atomic E-state index is 12.6. The van der Waals surface area contributed by atoms with Gasteiger partial charge >= 0.3 is 0 Å². The minimum Gasteiger partial charge on any atom is -0.319 e. The van der Waals surface area contributed by atoms with E-state index in [2.05, 4.69) is 37.4 Å². The van der Waals surface area contributed by atoms with Crippen LogP contribution in [-0.4, -0.2) is 19.4 Å². The molecule has 2 aromatic carbocycles. The van der Waals surface area contributed by atoms with E-state index in [1.807, 2.05) is 31.3 Å². The minimum atomic E-state index is 0.204. The molecule has 0 unspecified atom stereocenters. The SMILES string of the molecule is CNCCc1ccccc1C(=O)Cc1cc(C)ccc1C. The molecule has 110 valence electrons. The van der Waals surface area contributed by atoms with Crippen LogP contribution in [-0.2, 0) is 12.8 Å². The zero-order chi connectivity index (χ0) is 15.2. The van der Waals surface area contributed by atoms with Crippen LogP contribution in [0.25, 0.3) is 0 Å². The third-order valence-corrected chi connectivity index (χ3v) is 3.82. The van der Waals surface area contributed by atoms with Crippen molar-refractivity contribution >= 4 is 5.78 Å². The van der Waals surface area contributed by atoms with Gasteiger partial charge in [-0.25, -0.2) is 0 Å². The van der Waals surface area contributed by atoms with Crippen LogP contribution < -0.4 is 5.32 Å². The lowest BCUT2D eigenvalue weighted by molar-refractivity contribution is 0.0992. The number of hydrogen-bond donors (Lipinski definition) is 1. The van der Waals surface area contributed by atoms with E-state index in [1.165, 1.54) is 11.1 Å². The van der Waals surface area contributed by atoms with E-state index in [0.29, 0.717) is 6.42 Å². The third kappa shape index (κ3) is 4.02. The molecule has 21 heavy (non-hydrogen) atoms. The van der Waals surface area contributed by atoms with Gasteiger partial charge in [-0.15, -0.1) is 0 Å². The maximum Gasteiger partial charge on any atom is 0.167 e. The van der Waals surface area contributed by atoms with Crippen molar-refractivity contribution in [3.05, 3.63) is 70.3 Å². The standard InChI is InChI=1S/C19H23NO/c1-14-8-9-15(2)17(12-14)13-19(21)18-7-5-4-6-16(18)10-11-20-3/h4-9,12,20H,10-11,13H2,1-3H3. The summed E-state index contributed by atoms with van der Waals surface area (Å²) in [5.74, 6) is 0.204. The van der Waals surface area contributed by atoms with E-state index in [0.717, 1.165) is 29.7 Å². The first-order valence-corrected chi connectivity index (χ1v) is 7.43. The first-order valence-electron chi connectivity index (χ1n) is 7.43. The summed E-state index contributed by atoms with van der Waals surface area (Å²) in [4.78, 5) is 12.6. The molecule has 0 atom stereocenters. The summed E-state index contributed by atoms with van der Waals surface area (Å²) < 4.78 is 0. The zero-order valence-corrected chi connectivity index (χ0v) is 13.1. The quantitative estimate of drug-likeness (QED) is 0.821. The Bertz CT molecular complexity index is 631. The zero-order valence-electron chi connectivity index (χ0n) is 13.1. The molecular formula is C19H23NO. The van der Waals surface area contributed by atoms with Gasteiger partial charge in [0.15, 0.2) is 5.78 Å². The Kier molecular flexibility index (Phi) is 5.29. The third-order valence-electron chi connectivity index (χ3n) is 3.82. The fourth-order valence-electron chi connectivity index (χ4n) is 2.53. The van der Waals surface area contributed by atoms with E-state index < -0.39 is 0 Å². The second-order valence-electron chi connectivity index (χ2n) is 5.54. The molecule has 0 fully saturated rings. The van der Waals surface area contributed by atoms with Gasteiger partial charge in [-0.2, -0.15) is 0 Å². The number of rotatable bonds is 6. The number of carbonyl (C=O) groups excluding carboxylic acids is 1. The number of Topliss-reactive ketones (excluding diaryl/α,β-unsaturated/α-hetero) is 1. The van der Waals surface area contributed by atoms with Crippen LogP contribution in [0.15, 0.2) is 42.5 Å². The van der Waals surface area contributed by atoms with Crippen LogP contribution in [0.5, 0.6) is 0 Å². The van der Waals surface area contributed by atoms with Crippen molar-refractivity contribution in [2.75, 3.05) is 13.6 Å². The number of hydrogen-bond acceptors (Lipinski definition) is 2. The van der Waals surface area contributed by atoms with Crippen molar-refractivity contribution in [2.24, 2.45) is 0 Å². The summed E-state index contributed by atoms with van der Waals surface area (Å²) in [6.45, 7) is 5.01. The largest absolute Gasteiger partial charge is 0.319 e. The van der Waals surface area contributed by atoms with Gasteiger partial charge in [-0.1, -0.05) is 48.0 Å². The highest BCUT2D eigenvalue weighted by atomic mass is 16.1. The van der Waals surface area contributed by atoms with Gasteiger partial charge in [0.25, 0.3) is 0 Å². The molecule has 0 radical (unpaired) electrons. The average Bonchev–Trinajstić information content (AvgIpc) is 2.49. The second-order valence-corrected chi connectivity index (χ2v) is 5.54. The molecule has 2 aromatic rings. The van der Waals surface area contributed by atoms with Crippen molar-refractivity contribution in [1.82, 2.24) is 5.32 Å². The molecule has 2 rings (SSSR count). The second kappa shape index (κ2) is 7.19. The van der Waals surface area contributed by atoms with Gasteiger partial charge in [-0.3, -0.25) is 4.79 Å². The van der Waals surface area contributed by atoms with Gasteiger partial charge in [0.1, 0.15) is 0 Å². The maximum atomic E-state index is 12.6. The van der Waals surface area contributed by atoms with Crippen LogP contribution in [0, 0.1) is 13.8 Å². The van der Waals surface area contributed by atoms with E-state index in [-0.39, 0.29) is 5.78 Å². The Morgan fingerprint density at radius 1 is 1.05 bits per heavy atom. The van der Waals surface area contributed by atoms with E-state index in [4.69, 9.17) is 0 Å². The minimum absolute atomic E-state index is 0.204. The number of benzene rings is 2. The van der Waals surface area contributed by atoms with Gasteiger partial charge in [0, 0.05) is 12.0 Å². The molecule has 2 heteroatoms. The lowest BCUT2D eigenvalue weighted by Crippen LogP contribution is -2.14. The van der Waals surface area contributed by atoms with Crippen LogP contribution in [0.3, 0.4) is 0 Å². The molecule has 0 saturated heterocycles. The number of likely N-dealkylation sites (N-methyl/N-ethyl adjacent to an activating group) is 1. The molecule has 2 nitrogen and oxygen atoms in total. The number of ketones is 1. The molecule has 0 aliphatic rings. The van der Waals surface area contributed by atoms with Gasteiger partial charge in [0.05, 0.1) is 0 Å². The monoisotopic (exact) mass is 281 g/mol. The van der Waals surface area contributed by atoms with Crippen LogP contribution >= 0.6 is 0 Å². The highest BCUT2D eigenvalue weighted by Crippen LogP contribution is 2.16. The first kappa shape index (κ1) is 15.5. The van der Waals surface area contributed by atoms with E-state index in [9.17, 15) is 4.79 Å². The van der Waals surface area contributed by atoms with Crippen LogP contribution in [0.4, 0.5) is 0 Å². The molecule has 0 aromatic heterocycles. The molecule has 0 heterocycles. The van der Waals surface area contributed by atoms with Crippen molar-refractivity contribution in [3.8, 4) is 0 Å². The summed E-state index contributed by atoms with van der Waals surface area (Å²) in [6, 6.07) is 14.2. The van der Waals surface area contributed by atoms with Gasteiger partial charge in [0.2, 0.25) is 0 Å². The van der Waals surface area contributed by atoms with E-state index in [1.54, 1.807) is 0 Å². The van der Waals surface area contributed by atoms with Gasteiger partial charge in [-0.05, 0) is 50.6 Å². The Hall–Kier alpha value is -1.93. The topological polar surface area (TPSA) is 29.1 Å². The molecular weight excluding hydrogens is 258 g/mol. The average molecular weight is 281 g/mol. The Labute approximate surface area is 127 Å². The van der Waals surface area contributed by atoms with Crippen LogP contribution in [0.1, 0.15) is 32.6 Å². The number of aryl methyl sites for hydroxylation is 2. The molecule has 0 saturated carbocycles. The first-order chi connectivity index (χ1) is 10.1. The molecule has 0 aliphatic heterocycles. The summed E-state index contributed by atoms with van der Waals surface area (Å²) in [7, 11) is 1.93. The molecule has 0 spiro atoms. The van der Waals surface area contributed by atoms with Gasteiger partial charge < -0.3 is 5.32 Å². The Morgan fingerprint density at radius 3 is 2.57 bits per heavy atom. The fourth-order valence-corrected chi connectivity index (χ4v) is 2.53. The summed E-state index contributed by atoms with van der Waals surface area (Å²) in [5, 5.41) is 3.14. The number of carbonyl (C=O) groups is 1. The predicted molar refractivity (Wildman–Crippen MR) is 88.0 cm³/mol. The molecule has 0 aliphatic carbocycles. The van der Waals surface area contributed by atoms with Crippen molar-refractivity contribution < 1.29 is 4.79 Å². The fraction of sp³-hybridized carbons (Fsp3) is 0.316. The lowest BCUT2D eigenvalue weighted by atomic mass is 9.94. The Balaban J connectivity index is 2.22.